The van der Waals surface area contributed by atoms with Crippen molar-refractivity contribution in [2.45, 2.75) is 6.42 Å². The maximum absolute atomic E-state index is 12.1. The van der Waals surface area contributed by atoms with Crippen molar-refractivity contribution in [3.8, 4) is 11.5 Å². The molecular weight excluding hydrogens is 290 g/mol. The van der Waals surface area contributed by atoms with Gasteiger partial charge in [-0.1, -0.05) is 0 Å². The highest BCUT2D eigenvalue weighted by molar-refractivity contribution is 5.77. The first-order valence-corrected chi connectivity index (χ1v) is 7.05. The molecule has 2 rings (SSSR count). The van der Waals surface area contributed by atoms with E-state index in [2.05, 4.69) is 5.32 Å². The number of hydrogen-bond acceptors (Lipinski definition) is 6. The lowest BCUT2D eigenvalue weighted by Crippen LogP contribution is -2.37. The molecule has 8 heteroatoms. The third kappa shape index (κ3) is 4.08. The lowest BCUT2D eigenvalue weighted by molar-refractivity contribution is -0.385. The third-order valence-electron chi connectivity index (χ3n) is 3.40. The van der Waals surface area contributed by atoms with E-state index in [4.69, 9.17) is 9.47 Å². The lowest BCUT2D eigenvalue weighted by atomic mass is 10.3. The largest absolute Gasteiger partial charge is 0.490 e. The number of rotatable bonds is 5. The van der Waals surface area contributed by atoms with Crippen molar-refractivity contribution in [1.29, 1.82) is 0 Å². The molecule has 1 amide bonds. The van der Waals surface area contributed by atoms with Crippen LogP contribution in [0.25, 0.3) is 0 Å². The molecule has 1 aliphatic rings. The van der Waals surface area contributed by atoms with E-state index >= 15 is 0 Å². The number of ether oxygens (including phenoxy) is 2. The number of nitrogens with zero attached hydrogens (tertiary/aromatic N) is 2. The predicted molar refractivity (Wildman–Crippen MR) is 79.2 cm³/mol. The van der Waals surface area contributed by atoms with Gasteiger partial charge < -0.3 is 19.7 Å². The van der Waals surface area contributed by atoms with E-state index in [1.54, 1.807) is 4.90 Å². The van der Waals surface area contributed by atoms with Crippen molar-refractivity contribution in [2.75, 3.05) is 39.9 Å². The molecule has 1 N–H and O–H groups in total. The Kier molecular flexibility index (Phi) is 5.54. The number of amides is 1. The average molecular weight is 309 g/mol. The molecule has 0 unspecified atom stereocenters. The molecule has 0 aliphatic carbocycles. The minimum absolute atomic E-state index is 0.0963. The monoisotopic (exact) mass is 309 g/mol. The molecule has 0 atom stereocenters. The van der Waals surface area contributed by atoms with Crippen molar-refractivity contribution >= 4 is 11.6 Å². The summed E-state index contributed by atoms with van der Waals surface area (Å²) in [5, 5.41) is 14.0. The minimum Gasteiger partial charge on any atom is -0.490 e. The Morgan fingerprint density at radius 3 is 2.95 bits per heavy atom. The number of carbonyl (C=O) groups is 1. The maximum Gasteiger partial charge on any atom is 0.311 e. The summed E-state index contributed by atoms with van der Waals surface area (Å²) in [6.07, 6.45) is 0.914. The Labute approximate surface area is 128 Å². The Morgan fingerprint density at radius 2 is 2.23 bits per heavy atom. The molecule has 0 bridgehead atoms. The van der Waals surface area contributed by atoms with Gasteiger partial charge >= 0.3 is 5.69 Å². The van der Waals surface area contributed by atoms with Crippen molar-refractivity contribution in [1.82, 2.24) is 10.2 Å². The summed E-state index contributed by atoms with van der Waals surface area (Å²) in [6.45, 7) is 2.95. The summed E-state index contributed by atoms with van der Waals surface area (Å²) in [6, 6.07) is 4.17. The first-order valence-electron chi connectivity index (χ1n) is 7.05. The molecule has 1 fully saturated rings. The van der Waals surface area contributed by atoms with Crippen LogP contribution in [0.1, 0.15) is 6.42 Å². The van der Waals surface area contributed by atoms with Crippen LogP contribution in [-0.2, 0) is 4.79 Å². The molecule has 0 saturated carbocycles. The highest BCUT2D eigenvalue weighted by Crippen LogP contribution is 2.30. The number of nitro benzene ring substituents is 1. The summed E-state index contributed by atoms with van der Waals surface area (Å²) in [5.41, 5.74) is -0.139. The number of methoxy groups -OCH3 is 1. The second-order valence-corrected chi connectivity index (χ2v) is 4.86. The standard InChI is InChI=1S/C14H19N3O5/c1-21-13-9-11(3-4-12(13)17(19)20)22-10-14(18)16-7-2-5-15-6-8-16/h3-4,9,15H,2,5-8,10H2,1H3. The lowest BCUT2D eigenvalue weighted by Gasteiger charge is -2.20. The number of benzene rings is 1. The quantitative estimate of drug-likeness (QED) is 0.639. The molecule has 8 nitrogen and oxygen atoms in total. The topological polar surface area (TPSA) is 93.9 Å². The van der Waals surface area contributed by atoms with Crippen molar-refractivity contribution in [3.05, 3.63) is 28.3 Å². The first kappa shape index (κ1) is 16.0. The molecule has 1 aliphatic heterocycles. The van der Waals surface area contributed by atoms with E-state index in [0.717, 1.165) is 19.5 Å². The molecule has 1 heterocycles. The first-order chi connectivity index (χ1) is 10.6. The van der Waals surface area contributed by atoms with Gasteiger partial charge in [-0.3, -0.25) is 14.9 Å². The van der Waals surface area contributed by atoms with Crippen molar-refractivity contribution < 1.29 is 19.2 Å². The molecule has 1 aromatic carbocycles. The molecule has 22 heavy (non-hydrogen) atoms. The van der Waals surface area contributed by atoms with E-state index in [-0.39, 0.29) is 24.0 Å². The van der Waals surface area contributed by atoms with E-state index in [1.165, 1.54) is 25.3 Å². The molecule has 0 radical (unpaired) electrons. The van der Waals surface area contributed by atoms with Gasteiger partial charge in [0, 0.05) is 31.8 Å². The highest BCUT2D eigenvalue weighted by Gasteiger charge is 2.18. The smallest absolute Gasteiger partial charge is 0.311 e. The van der Waals surface area contributed by atoms with Crippen LogP contribution in [0.3, 0.4) is 0 Å². The Bertz CT molecular complexity index is 541. The Balaban J connectivity index is 1.96. The van der Waals surface area contributed by atoms with Crippen LogP contribution in [0.15, 0.2) is 18.2 Å². The zero-order valence-electron chi connectivity index (χ0n) is 12.4. The summed E-state index contributed by atoms with van der Waals surface area (Å²) in [7, 11) is 1.35. The van der Waals surface area contributed by atoms with E-state index < -0.39 is 4.92 Å². The minimum atomic E-state index is -0.530. The highest BCUT2D eigenvalue weighted by atomic mass is 16.6. The molecule has 1 aromatic rings. The normalized spacial score (nSPS) is 15.0. The SMILES string of the molecule is COc1cc(OCC(=O)N2CCCNCC2)ccc1[N+](=O)[O-]. The fraction of sp³-hybridized carbons (Fsp3) is 0.500. The van der Waals surface area contributed by atoms with Gasteiger partial charge in [0.1, 0.15) is 5.75 Å². The van der Waals surface area contributed by atoms with Gasteiger partial charge in [-0.05, 0) is 19.0 Å². The van der Waals surface area contributed by atoms with E-state index in [9.17, 15) is 14.9 Å². The van der Waals surface area contributed by atoms with Crippen LogP contribution in [0.2, 0.25) is 0 Å². The van der Waals surface area contributed by atoms with E-state index in [1.807, 2.05) is 0 Å². The van der Waals surface area contributed by atoms with Crippen LogP contribution < -0.4 is 14.8 Å². The number of carbonyl (C=O) groups excluding carboxylic acids is 1. The second kappa shape index (κ2) is 7.60. The van der Waals surface area contributed by atoms with Crippen LogP contribution >= 0.6 is 0 Å². The summed E-state index contributed by atoms with van der Waals surface area (Å²) in [5.74, 6) is 0.374. The van der Waals surface area contributed by atoms with Crippen molar-refractivity contribution in [3.63, 3.8) is 0 Å². The van der Waals surface area contributed by atoms with Gasteiger partial charge in [0.15, 0.2) is 6.61 Å². The molecule has 0 aromatic heterocycles. The molecule has 0 spiro atoms. The van der Waals surface area contributed by atoms with Crippen LogP contribution in [0.5, 0.6) is 11.5 Å². The summed E-state index contributed by atoms with van der Waals surface area (Å²) < 4.78 is 10.4. The van der Waals surface area contributed by atoms with Gasteiger partial charge in [-0.25, -0.2) is 0 Å². The predicted octanol–water partition coefficient (Wildman–Crippen LogP) is 0.804. The Hall–Kier alpha value is -2.35. The van der Waals surface area contributed by atoms with Gasteiger partial charge in [0.2, 0.25) is 5.75 Å². The van der Waals surface area contributed by atoms with Gasteiger partial charge in [-0.2, -0.15) is 0 Å². The summed E-state index contributed by atoms with van der Waals surface area (Å²) in [4.78, 5) is 24.1. The molecule has 120 valence electrons. The van der Waals surface area contributed by atoms with Crippen molar-refractivity contribution in [2.24, 2.45) is 0 Å². The molecular formula is C14H19N3O5. The molecule has 1 saturated heterocycles. The van der Waals surface area contributed by atoms with Crippen LogP contribution in [0, 0.1) is 10.1 Å². The van der Waals surface area contributed by atoms with Gasteiger partial charge in [-0.15, -0.1) is 0 Å². The average Bonchev–Trinajstić information content (AvgIpc) is 2.81. The van der Waals surface area contributed by atoms with Crippen LogP contribution in [0.4, 0.5) is 5.69 Å². The zero-order valence-corrected chi connectivity index (χ0v) is 12.4. The number of hydrogen-bond donors (Lipinski definition) is 1. The van der Waals surface area contributed by atoms with E-state index in [0.29, 0.717) is 18.8 Å². The second-order valence-electron chi connectivity index (χ2n) is 4.86. The fourth-order valence-corrected chi connectivity index (χ4v) is 2.23. The summed E-state index contributed by atoms with van der Waals surface area (Å²) >= 11 is 0. The van der Waals surface area contributed by atoms with Crippen LogP contribution in [-0.4, -0.2) is 55.6 Å². The van der Waals surface area contributed by atoms with Gasteiger partial charge in [0.25, 0.3) is 5.91 Å². The number of nitro groups is 1. The Morgan fingerprint density at radius 1 is 1.41 bits per heavy atom. The van der Waals surface area contributed by atoms with Gasteiger partial charge in [0.05, 0.1) is 12.0 Å². The maximum atomic E-state index is 12.1. The zero-order chi connectivity index (χ0) is 15.9. The fourth-order valence-electron chi connectivity index (χ4n) is 2.23. The third-order valence-corrected chi connectivity index (χ3v) is 3.40. The number of nitrogens with one attached hydrogen (secondary N) is 1.